The quantitative estimate of drug-likeness (QED) is 0.569. The first kappa shape index (κ1) is 12.8. The van der Waals surface area contributed by atoms with Crippen molar-refractivity contribution in [3.05, 3.63) is 66.7 Å². The molecule has 4 heteroatoms. The fraction of sp³-hybridized carbons (Fsp3) is 0. The van der Waals surface area contributed by atoms with Gasteiger partial charge in [-0.1, -0.05) is 42.5 Å². The molecule has 0 aliphatic rings. The number of benzene rings is 3. The van der Waals surface area contributed by atoms with Gasteiger partial charge in [0.25, 0.3) is 0 Å². The zero-order valence-corrected chi connectivity index (χ0v) is 11.4. The molecule has 0 amide bonds. The Labute approximate surface area is 120 Å². The lowest BCUT2D eigenvalue weighted by atomic mass is 10.1. The summed E-state index contributed by atoms with van der Waals surface area (Å²) in [7, 11) is 0. The van der Waals surface area contributed by atoms with Gasteiger partial charge in [0, 0.05) is 10.8 Å². The number of phenolic OH excluding ortho intramolecular Hbond substituents is 1. The largest absolute Gasteiger partial charge is 0.588 e. The summed E-state index contributed by atoms with van der Waals surface area (Å²) in [5.74, 6) is 0.219. The number of anilines is 1. The lowest BCUT2D eigenvalue weighted by Crippen LogP contribution is -2.13. The van der Waals surface area contributed by atoms with Crippen molar-refractivity contribution >= 4 is 27.8 Å². The van der Waals surface area contributed by atoms with Crippen LogP contribution in [-0.2, 0) is 11.4 Å². The van der Waals surface area contributed by atoms with Crippen LogP contribution < -0.4 is 4.72 Å². The van der Waals surface area contributed by atoms with Crippen molar-refractivity contribution in [3.63, 3.8) is 0 Å². The first-order chi connectivity index (χ1) is 9.75. The van der Waals surface area contributed by atoms with E-state index in [0.717, 1.165) is 16.5 Å². The molecule has 0 spiro atoms. The summed E-state index contributed by atoms with van der Waals surface area (Å²) < 4.78 is 15.3. The molecule has 1 atom stereocenters. The standard InChI is InChI=1S/C16H13NO2S/c18-16-11-10-15(13-8-4-5-9-14(13)16)17-20(19)12-6-2-1-3-7-12/h1-11,17-18H. The van der Waals surface area contributed by atoms with Gasteiger partial charge in [-0.05, 0) is 24.3 Å². The highest BCUT2D eigenvalue weighted by atomic mass is 32.2. The van der Waals surface area contributed by atoms with E-state index in [1.165, 1.54) is 0 Å². The third-order valence-corrected chi connectivity index (χ3v) is 4.17. The minimum atomic E-state index is -1.33. The Morgan fingerprint density at radius 1 is 0.800 bits per heavy atom. The Morgan fingerprint density at radius 2 is 1.45 bits per heavy atom. The summed E-state index contributed by atoms with van der Waals surface area (Å²) in [4.78, 5) is 0.713. The van der Waals surface area contributed by atoms with Gasteiger partial charge in [0.05, 0.1) is 5.69 Å². The third-order valence-electron chi connectivity index (χ3n) is 3.06. The predicted octanol–water partition coefficient (Wildman–Crippen LogP) is 3.68. The third kappa shape index (κ3) is 2.43. The Hall–Kier alpha value is -2.17. The molecule has 0 saturated heterocycles. The maximum Gasteiger partial charge on any atom is 0.179 e. The van der Waals surface area contributed by atoms with Crippen molar-refractivity contribution < 1.29 is 9.66 Å². The van der Waals surface area contributed by atoms with Crippen LogP contribution in [0.25, 0.3) is 10.8 Å². The lowest BCUT2D eigenvalue weighted by molar-refractivity contribution is 0.481. The van der Waals surface area contributed by atoms with Crippen molar-refractivity contribution in [2.75, 3.05) is 4.72 Å². The van der Waals surface area contributed by atoms with E-state index in [1.807, 2.05) is 54.6 Å². The Balaban J connectivity index is 1.97. The summed E-state index contributed by atoms with van der Waals surface area (Å²) in [5.41, 5.74) is 0.737. The SMILES string of the molecule is [O-][S+](Nc1ccc(O)c2ccccc12)c1ccccc1. The fourth-order valence-electron chi connectivity index (χ4n) is 2.08. The van der Waals surface area contributed by atoms with Crippen LogP contribution in [0.15, 0.2) is 71.6 Å². The first-order valence-electron chi connectivity index (χ1n) is 6.20. The van der Waals surface area contributed by atoms with E-state index in [1.54, 1.807) is 12.1 Å². The number of phenols is 1. The van der Waals surface area contributed by atoms with Gasteiger partial charge in [0.2, 0.25) is 0 Å². The van der Waals surface area contributed by atoms with Gasteiger partial charge in [0.1, 0.15) is 17.1 Å². The molecule has 100 valence electrons. The Morgan fingerprint density at radius 3 is 2.20 bits per heavy atom. The van der Waals surface area contributed by atoms with Crippen molar-refractivity contribution in [1.82, 2.24) is 0 Å². The highest BCUT2D eigenvalue weighted by molar-refractivity contribution is 7.92. The summed E-state index contributed by atoms with van der Waals surface area (Å²) in [6.45, 7) is 0. The zero-order chi connectivity index (χ0) is 13.9. The van der Waals surface area contributed by atoms with Crippen LogP contribution in [0, 0.1) is 0 Å². The van der Waals surface area contributed by atoms with Crippen LogP contribution >= 0.6 is 0 Å². The minimum Gasteiger partial charge on any atom is -0.588 e. The van der Waals surface area contributed by atoms with E-state index >= 15 is 0 Å². The molecule has 2 N–H and O–H groups in total. The molecular formula is C16H13NO2S. The van der Waals surface area contributed by atoms with Crippen molar-refractivity contribution in [3.8, 4) is 5.75 Å². The van der Waals surface area contributed by atoms with Gasteiger partial charge < -0.3 is 9.66 Å². The molecule has 3 nitrogen and oxygen atoms in total. The van der Waals surface area contributed by atoms with Gasteiger partial charge >= 0.3 is 0 Å². The predicted molar refractivity (Wildman–Crippen MR) is 82.1 cm³/mol. The molecule has 0 saturated carbocycles. The molecule has 20 heavy (non-hydrogen) atoms. The maximum absolute atomic E-state index is 12.3. The van der Waals surface area contributed by atoms with E-state index in [0.29, 0.717) is 4.90 Å². The van der Waals surface area contributed by atoms with E-state index in [9.17, 15) is 9.66 Å². The smallest absolute Gasteiger partial charge is 0.179 e. The number of rotatable bonds is 3. The van der Waals surface area contributed by atoms with Gasteiger partial charge in [-0.2, -0.15) is 0 Å². The van der Waals surface area contributed by atoms with E-state index in [4.69, 9.17) is 0 Å². The molecule has 0 fully saturated rings. The fourth-order valence-corrected chi connectivity index (χ4v) is 2.97. The highest BCUT2D eigenvalue weighted by Gasteiger charge is 2.13. The summed E-state index contributed by atoms with van der Waals surface area (Å²) in [5, 5.41) is 11.4. The number of hydrogen-bond donors (Lipinski definition) is 2. The maximum atomic E-state index is 12.3. The topological polar surface area (TPSA) is 55.3 Å². The van der Waals surface area contributed by atoms with Crippen LogP contribution in [0.5, 0.6) is 5.75 Å². The second-order valence-corrected chi connectivity index (χ2v) is 5.57. The molecule has 0 aliphatic heterocycles. The van der Waals surface area contributed by atoms with Gasteiger partial charge in [-0.15, -0.1) is 0 Å². The number of hydrogen-bond acceptors (Lipinski definition) is 3. The normalized spacial score (nSPS) is 12.2. The Kier molecular flexibility index (Phi) is 3.50. The van der Waals surface area contributed by atoms with E-state index in [2.05, 4.69) is 4.72 Å². The van der Waals surface area contributed by atoms with Crippen molar-refractivity contribution in [1.29, 1.82) is 0 Å². The highest BCUT2D eigenvalue weighted by Crippen LogP contribution is 2.31. The lowest BCUT2D eigenvalue weighted by Gasteiger charge is -2.13. The average molecular weight is 283 g/mol. The first-order valence-corrected chi connectivity index (χ1v) is 7.35. The van der Waals surface area contributed by atoms with Gasteiger partial charge in [0.15, 0.2) is 4.90 Å². The van der Waals surface area contributed by atoms with Gasteiger partial charge in [-0.3, -0.25) is 0 Å². The van der Waals surface area contributed by atoms with E-state index in [-0.39, 0.29) is 5.75 Å². The summed E-state index contributed by atoms with van der Waals surface area (Å²) in [6, 6.07) is 20.0. The molecule has 0 radical (unpaired) electrons. The van der Waals surface area contributed by atoms with Crippen molar-refractivity contribution in [2.24, 2.45) is 0 Å². The zero-order valence-electron chi connectivity index (χ0n) is 10.6. The van der Waals surface area contributed by atoms with Crippen molar-refractivity contribution in [2.45, 2.75) is 4.90 Å². The molecule has 0 bridgehead atoms. The molecule has 0 heterocycles. The average Bonchev–Trinajstić information content (AvgIpc) is 2.51. The summed E-state index contributed by atoms with van der Waals surface area (Å²) in [6.07, 6.45) is 0. The molecule has 3 aromatic carbocycles. The molecular weight excluding hydrogens is 270 g/mol. The molecule has 3 aromatic rings. The van der Waals surface area contributed by atoms with Crippen LogP contribution in [-0.4, -0.2) is 9.66 Å². The Bertz CT molecular complexity index is 731. The second kappa shape index (κ2) is 5.45. The summed E-state index contributed by atoms with van der Waals surface area (Å²) >= 11 is -1.33. The van der Waals surface area contributed by atoms with Crippen LogP contribution in [0.2, 0.25) is 0 Å². The number of aromatic hydroxyl groups is 1. The minimum absolute atomic E-state index is 0.219. The van der Waals surface area contributed by atoms with Crippen LogP contribution in [0.4, 0.5) is 5.69 Å². The van der Waals surface area contributed by atoms with Gasteiger partial charge in [-0.25, -0.2) is 4.72 Å². The molecule has 3 rings (SSSR count). The number of nitrogens with one attached hydrogen (secondary N) is 1. The van der Waals surface area contributed by atoms with Crippen LogP contribution in [0.3, 0.4) is 0 Å². The van der Waals surface area contributed by atoms with E-state index < -0.39 is 11.4 Å². The molecule has 1 unspecified atom stereocenters. The molecule has 0 aliphatic carbocycles. The second-order valence-electron chi connectivity index (χ2n) is 4.36. The monoisotopic (exact) mass is 283 g/mol. The van der Waals surface area contributed by atoms with Crippen LogP contribution in [0.1, 0.15) is 0 Å². The number of fused-ring (bicyclic) bond motifs is 1. The molecule has 0 aromatic heterocycles.